The van der Waals surface area contributed by atoms with Gasteiger partial charge in [0, 0.05) is 11.3 Å². The van der Waals surface area contributed by atoms with Crippen molar-refractivity contribution < 1.29 is 4.79 Å². The second-order valence-electron chi connectivity index (χ2n) is 7.02. The Morgan fingerprint density at radius 2 is 1.67 bits per heavy atom. The number of fused-ring (bicyclic) bond motifs is 1. The largest absolute Gasteiger partial charge is 0.366 e. The topological polar surface area (TPSA) is 78.0 Å². The van der Waals surface area contributed by atoms with Crippen LogP contribution in [0.5, 0.6) is 0 Å². The van der Waals surface area contributed by atoms with Crippen molar-refractivity contribution in [3.8, 4) is 0 Å². The third kappa shape index (κ3) is 4.00. The quantitative estimate of drug-likeness (QED) is 0.374. The summed E-state index contributed by atoms with van der Waals surface area (Å²) in [4.78, 5) is 29.4. The molecule has 0 saturated heterocycles. The van der Waals surface area contributed by atoms with Crippen LogP contribution in [-0.2, 0) is 5.75 Å². The Hall–Kier alpha value is -3.38. The van der Waals surface area contributed by atoms with Gasteiger partial charge in [-0.2, -0.15) is 0 Å². The van der Waals surface area contributed by atoms with Gasteiger partial charge >= 0.3 is 0 Å². The van der Waals surface area contributed by atoms with E-state index in [-0.39, 0.29) is 11.6 Å². The molecule has 3 aromatic carbocycles. The fourth-order valence-corrected chi connectivity index (χ4v) is 4.39. The second kappa shape index (κ2) is 8.55. The van der Waals surface area contributed by atoms with Crippen LogP contribution in [0, 0.1) is 0 Å². The Labute approximate surface area is 178 Å². The van der Waals surface area contributed by atoms with E-state index in [1.54, 1.807) is 16.7 Å². The maximum atomic E-state index is 13.4. The number of hydrogen-bond acceptors (Lipinski definition) is 4. The zero-order chi connectivity index (χ0) is 21.1. The second-order valence-corrected chi connectivity index (χ2v) is 7.97. The van der Waals surface area contributed by atoms with Gasteiger partial charge in [0.05, 0.1) is 16.9 Å². The number of nitrogens with two attached hydrogens (primary N) is 1. The van der Waals surface area contributed by atoms with Gasteiger partial charge in [-0.25, -0.2) is 4.98 Å². The summed E-state index contributed by atoms with van der Waals surface area (Å²) in [6.07, 6.45) is 0. The van der Waals surface area contributed by atoms with Crippen LogP contribution in [0.15, 0.2) is 88.8 Å². The van der Waals surface area contributed by atoms with E-state index in [0.717, 1.165) is 11.1 Å². The number of hydrogen-bond donors (Lipinski definition) is 1. The molecule has 0 aliphatic heterocycles. The number of thioether (sulfide) groups is 1. The first-order valence-corrected chi connectivity index (χ1v) is 10.6. The van der Waals surface area contributed by atoms with Crippen molar-refractivity contribution in [2.75, 3.05) is 0 Å². The Balaban J connectivity index is 1.74. The molecule has 6 heteroatoms. The molecule has 0 aliphatic rings. The lowest BCUT2D eigenvalue weighted by molar-refractivity contribution is 0.100. The van der Waals surface area contributed by atoms with E-state index >= 15 is 0 Å². The minimum atomic E-state index is -0.448. The summed E-state index contributed by atoms with van der Waals surface area (Å²) < 4.78 is 1.76. The number of carbonyl (C=O) groups is 1. The molecule has 0 saturated carbocycles. The van der Waals surface area contributed by atoms with E-state index in [2.05, 4.69) is 0 Å². The van der Waals surface area contributed by atoms with E-state index in [4.69, 9.17) is 10.7 Å². The Morgan fingerprint density at radius 3 is 2.37 bits per heavy atom. The zero-order valence-electron chi connectivity index (χ0n) is 16.5. The van der Waals surface area contributed by atoms with Crippen LogP contribution in [0.25, 0.3) is 10.9 Å². The van der Waals surface area contributed by atoms with Crippen LogP contribution in [0.1, 0.15) is 34.5 Å². The van der Waals surface area contributed by atoms with Crippen molar-refractivity contribution in [3.63, 3.8) is 0 Å². The Morgan fingerprint density at radius 1 is 1.00 bits per heavy atom. The molecule has 0 aliphatic carbocycles. The van der Waals surface area contributed by atoms with Crippen molar-refractivity contribution in [2.24, 2.45) is 5.73 Å². The fourth-order valence-electron chi connectivity index (χ4n) is 3.36. The first kappa shape index (κ1) is 19.9. The predicted molar refractivity (Wildman–Crippen MR) is 121 cm³/mol. The molecule has 1 heterocycles. The molecule has 0 unspecified atom stereocenters. The molecule has 0 fully saturated rings. The van der Waals surface area contributed by atoms with Crippen LogP contribution < -0.4 is 11.3 Å². The van der Waals surface area contributed by atoms with Gasteiger partial charge in [-0.3, -0.25) is 14.2 Å². The average Bonchev–Trinajstić information content (AvgIpc) is 2.78. The van der Waals surface area contributed by atoms with Crippen LogP contribution in [0.3, 0.4) is 0 Å². The van der Waals surface area contributed by atoms with Crippen molar-refractivity contribution >= 4 is 28.6 Å². The van der Waals surface area contributed by atoms with Gasteiger partial charge < -0.3 is 5.73 Å². The lowest BCUT2D eigenvalue weighted by Gasteiger charge is -2.20. The minimum Gasteiger partial charge on any atom is -0.366 e. The first-order valence-electron chi connectivity index (χ1n) is 9.62. The monoisotopic (exact) mass is 415 g/mol. The number of primary amides is 1. The predicted octanol–water partition coefficient (Wildman–Crippen LogP) is 4.40. The van der Waals surface area contributed by atoms with Gasteiger partial charge in [0.2, 0.25) is 5.91 Å². The lowest BCUT2D eigenvalue weighted by atomic mass is 10.1. The molecule has 4 aromatic rings. The van der Waals surface area contributed by atoms with Gasteiger partial charge in [-0.15, -0.1) is 0 Å². The standard InChI is InChI=1S/C24H21N3O2S/c1-16(18-7-3-2-4-8-18)27-23(29)20-9-5-6-10-21(20)26-24(27)30-15-17-11-13-19(14-12-17)22(25)28/h2-14,16H,15H2,1H3,(H2,25,28)/t16-/m1/s1. The van der Waals surface area contributed by atoms with Crippen molar-refractivity contribution in [3.05, 3.63) is 106 Å². The minimum absolute atomic E-state index is 0.0523. The molecule has 0 radical (unpaired) electrons. The van der Waals surface area contributed by atoms with Crippen molar-refractivity contribution in [2.45, 2.75) is 23.9 Å². The van der Waals surface area contributed by atoms with Crippen LogP contribution in [0.2, 0.25) is 0 Å². The summed E-state index contributed by atoms with van der Waals surface area (Å²) in [6.45, 7) is 2.01. The number of aromatic nitrogens is 2. The smallest absolute Gasteiger partial charge is 0.262 e. The summed E-state index contributed by atoms with van der Waals surface area (Å²) in [5, 5.41) is 1.27. The zero-order valence-corrected chi connectivity index (χ0v) is 17.3. The molecule has 5 nitrogen and oxygen atoms in total. The van der Waals surface area contributed by atoms with Gasteiger partial charge in [-0.1, -0.05) is 66.4 Å². The highest BCUT2D eigenvalue weighted by Crippen LogP contribution is 2.27. The summed E-state index contributed by atoms with van der Waals surface area (Å²) in [7, 11) is 0. The molecule has 0 bridgehead atoms. The normalized spacial score (nSPS) is 12.0. The SMILES string of the molecule is C[C@H](c1ccccc1)n1c(SCc2ccc(C(N)=O)cc2)nc2ccccc2c1=O. The van der Waals surface area contributed by atoms with Gasteiger partial charge in [0.15, 0.2) is 5.16 Å². The van der Waals surface area contributed by atoms with Crippen LogP contribution in [-0.4, -0.2) is 15.5 Å². The molecule has 0 spiro atoms. The van der Waals surface area contributed by atoms with E-state index in [1.165, 1.54) is 11.8 Å². The molecule has 30 heavy (non-hydrogen) atoms. The van der Waals surface area contributed by atoms with Crippen molar-refractivity contribution in [1.82, 2.24) is 9.55 Å². The van der Waals surface area contributed by atoms with E-state index < -0.39 is 5.91 Å². The highest BCUT2D eigenvalue weighted by atomic mass is 32.2. The molecular formula is C24H21N3O2S. The molecular weight excluding hydrogens is 394 g/mol. The molecule has 1 amide bonds. The van der Waals surface area contributed by atoms with Crippen molar-refractivity contribution in [1.29, 1.82) is 0 Å². The lowest BCUT2D eigenvalue weighted by Crippen LogP contribution is -2.27. The maximum absolute atomic E-state index is 13.4. The number of rotatable bonds is 6. The molecule has 1 atom stereocenters. The Kier molecular flexibility index (Phi) is 5.68. The molecule has 4 rings (SSSR count). The van der Waals surface area contributed by atoms with Crippen LogP contribution in [0.4, 0.5) is 0 Å². The molecule has 2 N–H and O–H groups in total. The molecule has 1 aromatic heterocycles. The Bertz CT molecular complexity index is 1250. The summed E-state index contributed by atoms with van der Waals surface area (Å²) >= 11 is 1.50. The summed E-state index contributed by atoms with van der Waals surface area (Å²) in [5.41, 5.74) is 8.49. The number of benzene rings is 3. The van der Waals surface area contributed by atoms with E-state index in [1.807, 2.05) is 73.7 Å². The highest BCUT2D eigenvalue weighted by molar-refractivity contribution is 7.98. The number of carbonyl (C=O) groups excluding carboxylic acids is 1. The fraction of sp³-hybridized carbons (Fsp3) is 0.125. The average molecular weight is 416 g/mol. The van der Waals surface area contributed by atoms with Gasteiger partial charge in [0.25, 0.3) is 5.56 Å². The van der Waals surface area contributed by atoms with E-state index in [0.29, 0.717) is 27.4 Å². The first-order chi connectivity index (χ1) is 14.5. The maximum Gasteiger partial charge on any atom is 0.262 e. The summed E-state index contributed by atoms with van der Waals surface area (Å²) in [5.74, 6) is 0.168. The summed E-state index contributed by atoms with van der Waals surface area (Å²) in [6, 6.07) is 24.4. The molecule has 150 valence electrons. The third-order valence-electron chi connectivity index (χ3n) is 5.05. The third-order valence-corrected chi connectivity index (χ3v) is 6.07. The highest BCUT2D eigenvalue weighted by Gasteiger charge is 2.18. The number of para-hydroxylation sites is 1. The van der Waals surface area contributed by atoms with Gasteiger partial charge in [-0.05, 0) is 42.3 Å². The van der Waals surface area contributed by atoms with Gasteiger partial charge in [0.1, 0.15) is 0 Å². The van der Waals surface area contributed by atoms with E-state index in [9.17, 15) is 9.59 Å². The van der Waals surface area contributed by atoms with Crippen LogP contribution >= 0.6 is 11.8 Å². The number of amides is 1. The number of nitrogens with zero attached hydrogens (tertiary/aromatic N) is 2.